The first-order valence-electron chi connectivity index (χ1n) is 6.16. The molecule has 0 saturated carbocycles. The first-order valence-corrected chi connectivity index (χ1v) is 9.21. The lowest BCUT2D eigenvalue weighted by molar-refractivity contribution is 0.591. The van der Waals surface area contributed by atoms with Crippen LogP contribution in [0.4, 0.5) is 5.69 Å². The van der Waals surface area contributed by atoms with Crippen LogP contribution < -0.4 is 9.62 Å². The summed E-state index contributed by atoms with van der Waals surface area (Å²) in [6.45, 7) is 1.77. The molecule has 0 amide bonds. The Morgan fingerprint density at radius 3 is 2.75 bits per heavy atom. The Morgan fingerprint density at radius 1 is 1.20 bits per heavy atom. The maximum Gasteiger partial charge on any atom is 0.273 e. The van der Waals surface area contributed by atoms with Crippen molar-refractivity contribution in [3.05, 3.63) is 45.7 Å². The van der Waals surface area contributed by atoms with Gasteiger partial charge in [-0.1, -0.05) is 18.2 Å². The second-order valence-electron chi connectivity index (χ2n) is 4.44. The second-order valence-corrected chi connectivity index (χ2v) is 8.99. The maximum atomic E-state index is 12.8. The Labute approximate surface area is 130 Å². The molecule has 1 aromatic heterocycles. The SMILES string of the molecule is O=S(=O)(c1ccc(Br)s1)N1CCNCc2ccccc21. The lowest BCUT2D eigenvalue weighted by Crippen LogP contribution is -2.34. The maximum absolute atomic E-state index is 12.8. The van der Waals surface area contributed by atoms with Crippen LogP contribution in [0.15, 0.2) is 44.4 Å². The van der Waals surface area contributed by atoms with Crippen LogP contribution in [0.25, 0.3) is 0 Å². The van der Waals surface area contributed by atoms with Gasteiger partial charge in [0.2, 0.25) is 0 Å². The fourth-order valence-electron chi connectivity index (χ4n) is 2.22. The summed E-state index contributed by atoms with van der Waals surface area (Å²) in [5, 5.41) is 3.25. The molecule has 3 rings (SSSR count). The highest BCUT2D eigenvalue weighted by molar-refractivity contribution is 9.11. The van der Waals surface area contributed by atoms with Crippen molar-refractivity contribution in [3.8, 4) is 0 Å². The van der Waals surface area contributed by atoms with E-state index in [4.69, 9.17) is 0 Å². The molecule has 2 heterocycles. The normalized spacial score (nSPS) is 15.8. The minimum Gasteiger partial charge on any atom is -0.311 e. The molecule has 20 heavy (non-hydrogen) atoms. The first kappa shape index (κ1) is 14.1. The molecular weight excluding hydrogens is 360 g/mol. The van der Waals surface area contributed by atoms with Crippen molar-refractivity contribution in [1.29, 1.82) is 0 Å². The van der Waals surface area contributed by atoms with Crippen LogP contribution in [-0.2, 0) is 16.6 Å². The van der Waals surface area contributed by atoms with Crippen LogP contribution in [0.2, 0.25) is 0 Å². The summed E-state index contributed by atoms with van der Waals surface area (Å²) < 4.78 is 28.3. The van der Waals surface area contributed by atoms with Crippen molar-refractivity contribution in [1.82, 2.24) is 5.32 Å². The van der Waals surface area contributed by atoms with Gasteiger partial charge in [-0.2, -0.15) is 0 Å². The Hall–Kier alpha value is -0.890. The van der Waals surface area contributed by atoms with Crippen molar-refractivity contribution >= 4 is 43.0 Å². The Morgan fingerprint density at radius 2 is 2.00 bits per heavy atom. The number of nitrogens with zero attached hydrogens (tertiary/aromatic N) is 1. The molecule has 1 aromatic carbocycles. The third-order valence-electron chi connectivity index (χ3n) is 3.16. The fourth-order valence-corrected chi connectivity index (χ4v) is 5.85. The van der Waals surface area contributed by atoms with Crippen LogP contribution >= 0.6 is 27.3 Å². The van der Waals surface area contributed by atoms with Crippen LogP contribution in [0, 0.1) is 0 Å². The first-order chi connectivity index (χ1) is 9.59. The molecule has 7 heteroatoms. The molecule has 2 aromatic rings. The summed E-state index contributed by atoms with van der Waals surface area (Å²) in [6.07, 6.45) is 0. The van der Waals surface area contributed by atoms with Crippen LogP contribution in [0.5, 0.6) is 0 Å². The molecule has 4 nitrogen and oxygen atoms in total. The minimum atomic E-state index is -3.50. The number of thiophene rings is 1. The number of anilines is 1. The zero-order valence-corrected chi connectivity index (χ0v) is 13.8. The third kappa shape index (κ3) is 2.50. The van der Waals surface area contributed by atoms with Crippen LogP contribution in [0.3, 0.4) is 0 Å². The smallest absolute Gasteiger partial charge is 0.273 e. The lowest BCUT2D eigenvalue weighted by atomic mass is 10.2. The molecule has 1 aliphatic rings. The summed E-state index contributed by atoms with van der Waals surface area (Å²) in [6, 6.07) is 11.0. The predicted octanol–water partition coefficient (Wildman–Crippen LogP) is 2.81. The number of hydrogen-bond donors (Lipinski definition) is 1. The molecule has 0 unspecified atom stereocenters. The van der Waals surface area contributed by atoms with E-state index in [1.807, 2.05) is 24.3 Å². The number of halogens is 1. The summed E-state index contributed by atoms with van der Waals surface area (Å²) in [5.74, 6) is 0. The number of rotatable bonds is 2. The lowest BCUT2D eigenvalue weighted by Gasteiger charge is -2.23. The zero-order valence-electron chi connectivity index (χ0n) is 10.5. The molecule has 106 valence electrons. The van der Waals surface area contributed by atoms with E-state index in [2.05, 4.69) is 21.2 Å². The van der Waals surface area contributed by atoms with Gasteiger partial charge in [0, 0.05) is 19.6 Å². The average molecular weight is 373 g/mol. The number of benzene rings is 1. The fraction of sp³-hybridized carbons (Fsp3) is 0.231. The molecule has 1 aliphatic heterocycles. The van der Waals surface area contributed by atoms with Gasteiger partial charge in [0.25, 0.3) is 10.0 Å². The quantitative estimate of drug-likeness (QED) is 0.881. The van der Waals surface area contributed by atoms with E-state index in [9.17, 15) is 8.42 Å². The number of nitrogens with one attached hydrogen (secondary N) is 1. The van der Waals surface area contributed by atoms with E-state index >= 15 is 0 Å². The van der Waals surface area contributed by atoms with Gasteiger partial charge < -0.3 is 5.32 Å². The minimum absolute atomic E-state index is 0.362. The molecule has 0 atom stereocenters. The molecule has 0 spiro atoms. The molecule has 0 aliphatic carbocycles. The summed E-state index contributed by atoms with van der Waals surface area (Å²) in [5.41, 5.74) is 1.77. The van der Waals surface area contributed by atoms with E-state index < -0.39 is 10.0 Å². The van der Waals surface area contributed by atoms with E-state index in [0.29, 0.717) is 23.8 Å². The molecule has 0 radical (unpaired) electrons. The van der Waals surface area contributed by atoms with Gasteiger partial charge in [-0.3, -0.25) is 4.31 Å². The number of fused-ring (bicyclic) bond motifs is 1. The molecule has 0 fully saturated rings. The van der Waals surface area contributed by atoms with Gasteiger partial charge in [-0.15, -0.1) is 11.3 Å². The highest BCUT2D eigenvalue weighted by atomic mass is 79.9. The highest BCUT2D eigenvalue weighted by Crippen LogP contribution is 2.32. The van der Waals surface area contributed by atoms with Gasteiger partial charge in [0.05, 0.1) is 9.47 Å². The monoisotopic (exact) mass is 372 g/mol. The molecule has 0 saturated heterocycles. The van der Waals surface area contributed by atoms with Crippen molar-refractivity contribution in [2.45, 2.75) is 10.8 Å². The van der Waals surface area contributed by atoms with Crippen LogP contribution in [0.1, 0.15) is 5.56 Å². The van der Waals surface area contributed by atoms with E-state index in [1.54, 1.807) is 12.1 Å². The third-order valence-corrected chi connectivity index (χ3v) is 7.06. The number of hydrogen-bond acceptors (Lipinski definition) is 4. The Bertz CT molecular complexity index is 727. The summed E-state index contributed by atoms with van der Waals surface area (Å²) in [7, 11) is -3.50. The van der Waals surface area contributed by atoms with Crippen molar-refractivity contribution < 1.29 is 8.42 Å². The van der Waals surface area contributed by atoms with E-state index in [-0.39, 0.29) is 0 Å². The number of sulfonamides is 1. The van der Waals surface area contributed by atoms with Gasteiger partial charge in [0.15, 0.2) is 0 Å². The highest BCUT2D eigenvalue weighted by Gasteiger charge is 2.28. The zero-order chi connectivity index (χ0) is 14.2. The predicted molar refractivity (Wildman–Crippen MR) is 84.7 cm³/mol. The van der Waals surface area contributed by atoms with E-state index in [1.165, 1.54) is 15.6 Å². The average Bonchev–Trinajstić information content (AvgIpc) is 2.75. The Balaban J connectivity index is 2.09. The van der Waals surface area contributed by atoms with Crippen LogP contribution in [-0.4, -0.2) is 21.5 Å². The molecular formula is C13H13BrN2O2S2. The Kier molecular flexibility index (Phi) is 3.85. The van der Waals surface area contributed by atoms with Gasteiger partial charge >= 0.3 is 0 Å². The van der Waals surface area contributed by atoms with Gasteiger partial charge in [-0.05, 0) is 39.7 Å². The number of para-hydroxylation sites is 1. The van der Waals surface area contributed by atoms with Crippen molar-refractivity contribution in [2.24, 2.45) is 0 Å². The molecule has 1 N–H and O–H groups in total. The summed E-state index contributed by atoms with van der Waals surface area (Å²) >= 11 is 4.56. The molecule has 0 bridgehead atoms. The summed E-state index contributed by atoms with van der Waals surface area (Å²) in [4.78, 5) is 0. The van der Waals surface area contributed by atoms with Gasteiger partial charge in [0.1, 0.15) is 4.21 Å². The van der Waals surface area contributed by atoms with Crippen molar-refractivity contribution in [2.75, 3.05) is 17.4 Å². The van der Waals surface area contributed by atoms with E-state index in [0.717, 1.165) is 15.0 Å². The largest absolute Gasteiger partial charge is 0.311 e. The van der Waals surface area contributed by atoms with Crippen molar-refractivity contribution in [3.63, 3.8) is 0 Å². The van der Waals surface area contributed by atoms with Gasteiger partial charge in [-0.25, -0.2) is 8.42 Å². The topological polar surface area (TPSA) is 49.4 Å². The second kappa shape index (κ2) is 5.48. The standard InChI is InChI=1S/C13H13BrN2O2S2/c14-12-5-6-13(19-12)20(17,18)16-8-7-15-9-10-3-1-2-4-11(10)16/h1-6,15H,7-9H2.